The van der Waals surface area contributed by atoms with Crippen LogP contribution in [-0.4, -0.2) is 61.0 Å². The van der Waals surface area contributed by atoms with Gasteiger partial charge < -0.3 is 19.8 Å². The van der Waals surface area contributed by atoms with E-state index in [2.05, 4.69) is 11.9 Å². The van der Waals surface area contributed by atoms with Crippen LogP contribution in [0.1, 0.15) is 58.3 Å². The summed E-state index contributed by atoms with van der Waals surface area (Å²) in [5.74, 6) is 0.536. The Hall–Kier alpha value is -0.910. The van der Waals surface area contributed by atoms with Crippen molar-refractivity contribution in [3.63, 3.8) is 0 Å². The van der Waals surface area contributed by atoms with E-state index in [-0.39, 0.29) is 41.3 Å². The number of methoxy groups -OCH3 is 1. The maximum atomic E-state index is 12.7. The minimum Gasteiger partial charge on any atom is -0.469 e. The number of carbonyl (C=O) groups excluding carboxylic acids is 1. The third kappa shape index (κ3) is 2.73. The SMILES string of the molecule is CCC(O)CCC1(CO)C2CCC3=C4C(CC3)C(C(=O)OC)CC41CN(C)C2. The van der Waals surface area contributed by atoms with Gasteiger partial charge in [0.2, 0.25) is 0 Å². The summed E-state index contributed by atoms with van der Waals surface area (Å²) in [6.07, 6.45) is 7.19. The number of ether oxygens (including phenoxy) is 1. The van der Waals surface area contributed by atoms with Crippen molar-refractivity contribution in [2.24, 2.45) is 28.6 Å². The highest BCUT2D eigenvalue weighted by atomic mass is 16.5. The first kappa shape index (κ1) is 20.4. The standard InChI is InChI=1S/C23H37NO4/c1-4-17(26)9-10-22(14-25)16-7-5-15-6-8-18-19(21(27)28-3)11-23(22,20(15)18)13-24(2)12-16/h16-19,25-26H,4-14H2,1-3H3. The summed E-state index contributed by atoms with van der Waals surface area (Å²) in [6, 6.07) is 0. The average Bonchev–Trinajstić information content (AvgIpc) is 3.23. The molecule has 4 rings (SSSR count). The van der Waals surface area contributed by atoms with E-state index in [9.17, 15) is 15.0 Å². The zero-order valence-corrected chi connectivity index (χ0v) is 17.7. The van der Waals surface area contributed by atoms with E-state index in [0.29, 0.717) is 5.92 Å². The second kappa shape index (κ2) is 7.41. The van der Waals surface area contributed by atoms with E-state index in [4.69, 9.17) is 4.74 Å². The van der Waals surface area contributed by atoms with Crippen molar-refractivity contribution in [2.45, 2.75) is 64.4 Å². The Balaban J connectivity index is 1.83. The van der Waals surface area contributed by atoms with E-state index >= 15 is 0 Å². The molecule has 4 aliphatic rings. The number of nitrogens with zero attached hydrogens (tertiary/aromatic N) is 1. The third-order valence-corrected chi connectivity index (χ3v) is 8.86. The second-order valence-corrected chi connectivity index (χ2v) is 9.93. The number of likely N-dealkylation sites (tertiary alicyclic amines) is 1. The Kier molecular flexibility index (Phi) is 5.39. The number of esters is 1. The fourth-order valence-electron chi connectivity index (χ4n) is 7.65. The van der Waals surface area contributed by atoms with Gasteiger partial charge in [-0.2, -0.15) is 0 Å². The first-order valence-corrected chi connectivity index (χ1v) is 11.2. The molecular weight excluding hydrogens is 354 g/mol. The highest BCUT2D eigenvalue weighted by Crippen LogP contribution is 2.70. The molecule has 3 aliphatic carbocycles. The lowest BCUT2D eigenvalue weighted by molar-refractivity contribution is -0.149. The third-order valence-electron chi connectivity index (χ3n) is 8.86. The molecule has 5 heteroatoms. The molecule has 158 valence electrons. The van der Waals surface area contributed by atoms with Gasteiger partial charge in [-0.3, -0.25) is 4.79 Å². The molecule has 0 aromatic carbocycles. The van der Waals surface area contributed by atoms with Gasteiger partial charge in [0.05, 0.1) is 19.1 Å². The van der Waals surface area contributed by atoms with E-state index in [1.54, 1.807) is 5.57 Å². The normalized spacial score (nSPS) is 41.0. The molecule has 0 aromatic heterocycles. The van der Waals surface area contributed by atoms with Crippen LogP contribution >= 0.6 is 0 Å². The van der Waals surface area contributed by atoms with Crippen LogP contribution in [-0.2, 0) is 9.53 Å². The van der Waals surface area contributed by atoms with Gasteiger partial charge in [0.1, 0.15) is 0 Å². The summed E-state index contributed by atoms with van der Waals surface area (Å²) in [5, 5.41) is 21.3. The van der Waals surface area contributed by atoms with E-state index in [1.165, 1.54) is 12.7 Å². The molecule has 28 heavy (non-hydrogen) atoms. The molecular formula is C23H37NO4. The molecule has 1 aliphatic heterocycles. The number of rotatable bonds is 6. The number of allylic oxidation sites excluding steroid dienone is 1. The smallest absolute Gasteiger partial charge is 0.309 e. The van der Waals surface area contributed by atoms with Crippen molar-refractivity contribution in [2.75, 3.05) is 33.9 Å². The molecule has 1 saturated heterocycles. The van der Waals surface area contributed by atoms with E-state index in [0.717, 1.165) is 64.5 Å². The van der Waals surface area contributed by atoms with Crippen LogP contribution in [0.5, 0.6) is 0 Å². The van der Waals surface area contributed by atoms with Crippen molar-refractivity contribution in [3.05, 3.63) is 11.1 Å². The molecule has 5 nitrogen and oxygen atoms in total. The van der Waals surface area contributed by atoms with Crippen LogP contribution in [0.4, 0.5) is 0 Å². The Bertz CT molecular complexity index is 661. The predicted octanol–water partition coefficient (Wildman–Crippen LogP) is 2.76. The molecule has 0 amide bonds. The van der Waals surface area contributed by atoms with Crippen molar-refractivity contribution >= 4 is 5.97 Å². The Labute approximate surface area is 169 Å². The van der Waals surface area contributed by atoms with Crippen molar-refractivity contribution in [1.82, 2.24) is 4.90 Å². The molecule has 6 unspecified atom stereocenters. The maximum Gasteiger partial charge on any atom is 0.309 e. The van der Waals surface area contributed by atoms with Gasteiger partial charge in [0.25, 0.3) is 0 Å². The zero-order chi connectivity index (χ0) is 20.1. The van der Waals surface area contributed by atoms with E-state index in [1.807, 2.05) is 6.92 Å². The van der Waals surface area contributed by atoms with Gasteiger partial charge in [-0.25, -0.2) is 0 Å². The summed E-state index contributed by atoms with van der Waals surface area (Å²) in [6.45, 7) is 4.08. The zero-order valence-electron chi connectivity index (χ0n) is 17.7. The van der Waals surface area contributed by atoms with Crippen LogP contribution < -0.4 is 0 Å². The molecule has 2 bridgehead atoms. The van der Waals surface area contributed by atoms with Crippen LogP contribution in [0.2, 0.25) is 0 Å². The van der Waals surface area contributed by atoms with Crippen LogP contribution in [0, 0.1) is 28.6 Å². The van der Waals surface area contributed by atoms with Crippen molar-refractivity contribution in [1.29, 1.82) is 0 Å². The number of fused-ring (bicyclic) bond motifs is 1. The quantitative estimate of drug-likeness (QED) is 0.538. The molecule has 1 saturated carbocycles. The van der Waals surface area contributed by atoms with Gasteiger partial charge in [-0.1, -0.05) is 18.1 Å². The van der Waals surface area contributed by atoms with Crippen LogP contribution in [0.3, 0.4) is 0 Å². The number of aliphatic hydroxyl groups excluding tert-OH is 2. The van der Waals surface area contributed by atoms with Crippen molar-refractivity contribution in [3.8, 4) is 0 Å². The molecule has 6 atom stereocenters. The first-order valence-electron chi connectivity index (χ1n) is 11.2. The molecule has 2 fully saturated rings. The first-order chi connectivity index (χ1) is 13.4. The summed E-state index contributed by atoms with van der Waals surface area (Å²) >= 11 is 0. The number of carbonyl (C=O) groups is 1. The van der Waals surface area contributed by atoms with Gasteiger partial charge in [-0.15, -0.1) is 0 Å². The maximum absolute atomic E-state index is 12.7. The number of hydrogen-bond acceptors (Lipinski definition) is 5. The fourth-order valence-corrected chi connectivity index (χ4v) is 7.65. The monoisotopic (exact) mass is 391 g/mol. The largest absolute Gasteiger partial charge is 0.469 e. The number of piperidine rings is 1. The molecule has 1 heterocycles. The van der Waals surface area contributed by atoms with Gasteiger partial charge >= 0.3 is 5.97 Å². The predicted molar refractivity (Wildman–Crippen MR) is 108 cm³/mol. The van der Waals surface area contributed by atoms with Crippen molar-refractivity contribution < 1.29 is 19.7 Å². The molecule has 0 aromatic rings. The minimum absolute atomic E-state index is 0.0774. The molecule has 1 spiro atoms. The molecule has 0 radical (unpaired) electrons. The average molecular weight is 392 g/mol. The Morgan fingerprint density at radius 2 is 2.11 bits per heavy atom. The lowest BCUT2D eigenvalue weighted by Crippen LogP contribution is -2.61. The van der Waals surface area contributed by atoms with Crippen LogP contribution in [0.25, 0.3) is 0 Å². The topological polar surface area (TPSA) is 70.0 Å². The Morgan fingerprint density at radius 3 is 2.79 bits per heavy atom. The number of hydrogen-bond donors (Lipinski definition) is 2. The van der Waals surface area contributed by atoms with Gasteiger partial charge in [0.15, 0.2) is 0 Å². The highest BCUT2D eigenvalue weighted by Gasteiger charge is 2.67. The van der Waals surface area contributed by atoms with Crippen LogP contribution in [0.15, 0.2) is 11.1 Å². The lowest BCUT2D eigenvalue weighted by atomic mass is 9.51. The summed E-state index contributed by atoms with van der Waals surface area (Å²) in [4.78, 5) is 15.2. The van der Waals surface area contributed by atoms with E-state index < -0.39 is 0 Å². The van der Waals surface area contributed by atoms with Gasteiger partial charge in [0, 0.05) is 30.5 Å². The summed E-state index contributed by atoms with van der Waals surface area (Å²) in [5.41, 5.74) is 2.69. The second-order valence-electron chi connectivity index (χ2n) is 9.93. The highest BCUT2D eigenvalue weighted by molar-refractivity contribution is 5.75. The number of aliphatic hydroxyl groups is 2. The molecule has 2 N–H and O–H groups in total. The Morgan fingerprint density at radius 1 is 1.36 bits per heavy atom. The summed E-state index contributed by atoms with van der Waals surface area (Å²) in [7, 11) is 3.70. The van der Waals surface area contributed by atoms with Gasteiger partial charge in [-0.05, 0) is 70.3 Å². The fraction of sp³-hybridized carbons (Fsp3) is 0.870. The minimum atomic E-state index is -0.313. The lowest BCUT2D eigenvalue weighted by Gasteiger charge is -2.59. The summed E-state index contributed by atoms with van der Waals surface area (Å²) < 4.78 is 5.22.